The van der Waals surface area contributed by atoms with Crippen LogP contribution in [0.3, 0.4) is 0 Å². The third-order valence-corrected chi connectivity index (χ3v) is 3.69. The number of para-hydroxylation sites is 1. The van der Waals surface area contributed by atoms with Crippen LogP contribution in [0.2, 0.25) is 0 Å². The average molecular weight is 348 g/mol. The number of rotatable bonds is 5. The lowest BCUT2D eigenvalue weighted by atomic mass is 10.2. The molecule has 0 heterocycles. The van der Waals surface area contributed by atoms with Gasteiger partial charge in [0.1, 0.15) is 0 Å². The number of amides is 1. The molecule has 2 rings (SSSR count). The van der Waals surface area contributed by atoms with Gasteiger partial charge in [0.25, 0.3) is 0 Å². The number of nitrogen functional groups attached to an aromatic ring is 1. The molecule has 0 aromatic heterocycles. The highest BCUT2D eigenvalue weighted by Gasteiger charge is 2.09. The van der Waals surface area contributed by atoms with Gasteiger partial charge in [-0.3, -0.25) is 9.69 Å². The molecular formula is C16H18BrN3O. The van der Waals surface area contributed by atoms with Gasteiger partial charge in [0.2, 0.25) is 5.91 Å². The maximum Gasteiger partial charge on any atom is 0.238 e. The molecule has 0 saturated heterocycles. The molecule has 0 fully saturated rings. The topological polar surface area (TPSA) is 58.4 Å². The van der Waals surface area contributed by atoms with Gasteiger partial charge >= 0.3 is 0 Å². The Labute approximate surface area is 133 Å². The summed E-state index contributed by atoms with van der Waals surface area (Å²) in [5.41, 5.74) is 8.31. The lowest BCUT2D eigenvalue weighted by Gasteiger charge is -2.16. The van der Waals surface area contributed by atoms with Crippen LogP contribution < -0.4 is 11.1 Å². The van der Waals surface area contributed by atoms with Crippen LogP contribution in [0, 0.1) is 0 Å². The summed E-state index contributed by atoms with van der Waals surface area (Å²) < 4.78 is 0.875. The van der Waals surface area contributed by atoms with Gasteiger partial charge in [-0.25, -0.2) is 0 Å². The molecule has 0 unspecified atom stereocenters. The molecule has 0 aliphatic heterocycles. The van der Waals surface area contributed by atoms with Crippen molar-refractivity contribution >= 4 is 33.2 Å². The number of carbonyl (C=O) groups excluding carboxylic acids is 1. The Morgan fingerprint density at radius 1 is 1.19 bits per heavy atom. The second kappa shape index (κ2) is 7.24. The van der Waals surface area contributed by atoms with E-state index in [0.717, 1.165) is 21.4 Å². The zero-order valence-electron chi connectivity index (χ0n) is 11.8. The van der Waals surface area contributed by atoms with E-state index >= 15 is 0 Å². The molecule has 110 valence electrons. The molecule has 3 N–H and O–H groups in total. The average Bonchev–Trinajstić information content (AvgIpc) is 2.44. The number of hydrogen-bond donors (Lipinski definition) is 2. The van der Waals surface area contributed by atoms with E-state index in [0.29, 0.717) is 13.1 Å². The molecule has 0 saturated carbocycles. The van der Waals surface area contributed by atoms with Crippen molar-refractivity contribution in [1.82, 2.24) is 4.90 Å². The van der Waals surface area contributed by atoms with E-state index in [2.05, 4.69) is 21.2 Å². The van der Waals surface area contributed by atoms with Crippen LogP contribution in [0.5, 0.6) is 0 Å². The van der Waals surface area contributed by atoms with Gasteiger partial charge in [-0.1, -0.05) is 24.3 Å². The number of likely N-dealkylation sites (N-methyl/N-ethyl adjacent to an activating group) is 1. The normalized spacial score (nSPS) is 10.6. The van der Waals surface area contributed by atoms with Gasteiger partial charge in [0.15, 0.2) is 0 Å². The largest absolute Gasteiger partial charge is 0.399 e. The van der Waals surface area contributed by atoms with Crippen LogP contribution in [0.4, 0.5) is 11.4 Å². The van der Waals surface area contributed by atoms with E-state index in [1.165, 1.54) is 0 Å². The Kier molecular flexibility index (Phi) is 5.36. The minimum atomic E-state index is -0.0418. The molecule has 0 spiro atoms. The second-order valence-corrected chi connectivity index (χ2v) is 5.80. The van der Waals surface area contributed by atoms with Crippen LogP contribution >= 0.6 is 15.9 Å². The number of benzene rings is 2. The number of hydrogen-bond acceptors (Lipinski definition) is 3. The SMILES string of the molecule is CN(CC(=O)Nc1ccccc1Br)Cc1ccc(N)cc1. The third-order valence-electron chi connectivity index (χ3n) is 2.99. The lowest BCUT2D eigenvalue weighted by Crippen LogP contribution is -2.29. The lowest BCUT2D eigenvalue weighted by molar-refractivity contribution is -0.117. The smallest absolute Gasteiger partial charge is 0.238 e. The maximum atomic E-state index is 12.0. The Bertz CT molecular complexity index is 613. The van der Waals surface area contributed by atoms with Gasteiger partial charge in [-0.15, -0.1) is 0 Å². The molecule has 2 aromatic carbocycles. The van der Waals surface area contributed by atoms with E-state index in [1.54, 1.807) is 0 Å². The second-order valence-electron chi connectivity index (χ2n) is 4.94. The van der Waals surface area contributed by atoms with E-state index in [4.69, 9.17) is 5.73 Å². The fourth-order valence-electron chi connectivity index (χ4n) is 1.99. The Morgan fingerprint density at radius 2 is 1.86 bits per heavy atom. The zero-order chi connectivity index (χ0) is 15.2. The fraction of sp³-hybridized carbons (Fsp3) is 0.188. The fourth-order valence-corrected chi connectivity index (χ4v) is 2.37. The van der Waals surface area contributed by atoms with Gasteiger partial charge < -0.3 is 11.1 Å². The molecule has 0 radical (unpaired) electrons. The predicted molar refractivity (Wildman–Crippen MR) is 90.0 cm³/mol. The predicted octanol–water partition coefficient (Wildman–Crippen LogP) is 3.10. The molecule has 5 heteroatoms. The molecule has 0 bridgehead atoms. The summed E-state index contributed by atoms with van der Waals surface area (Å²) >= 11 is 3.41. The van der Waals surface area contributed by atoms with E-state index in [9.17, 15) is 4.79 Å². The number of halogens is 1. The van der Waals surface area contributed by atoms with Crippen LogP contribution in [-0.2, 0) is 11.3 Å². The third kappa shape index (κ3) is 4.88. The summed E-state index contributed by atoms with van der Waals surface area (Å²) in [5, 5.41) is 2.89. The molecule has 1 amide bonds. The van der Waals surface area contributed by atoms with Crippen LogP contribution in [-0.4, -0.2) is 24.4 Å². The number of nitrogens with two attached hydrogens (primary N) is 1. The van der Waals surface area contributed by atoms with E-state index in [-0.39, 0.29) is 5.91 Å². The van der Waals surface area contributed by atoms with E-state index in [1.807, 2.05) is 60.5 Å². The standard InChI is InChI=1S/C16H18BrN3O/c1-20(10-12-6-8-13(18)9-7-12)11-16(21)19-15-5-3-2-4-14(15)17/h2-9H,10-11,18H2,1H3,(H,19,21). The molecule has 0 aliphatic rings. The highest BCUT2D eigenvalue weighted by molar-refractivity contribution is 9.10. The van der Waals surface area contributed by atoms with Crippen molar-refractivity contribution in [2.75, 3.05) is 24.6 Å². The van der Waals surface area contributed by atoms with Gasteiger partial charge in [-0.2, -0.15) is 0 Å². The van der Waals surface area contributed by atoms with Crippen LogP contribution in [0.15, 0.2) is 53.0 Å². The number of nitrogens with one attached hydrogen (secondary N) is 1. The highest BCUT2D eigenvalue weighted by Crippen LogP contribution is 2.21. The molecule has 0 aliphatic carbocycles. The van der Waals surface area contributed by atoms with Crippen molar-refractivity contribution < 1.29 is 4.79 Å². The Balaban J connectivity index is 1.87. The van der Waals surface area contributed by atoms with Crippen molar-refractivity contribution in [3.63, 3.8) is 0 Å². The summed E-state index contributed by atoms with van der Waals surface area (Å²) in [7, 11) is 1.91. The molecule has 2 aromatic rings. The van der Waals surface area contributed by atoms with Crippen molar-refractivity contribution in [1.29, 1.82) is 0 Å². The minimum Gasteiger partial charge on any atom is -0.399 e. The van der Waals surface area contributed by atoms with Crippen molar-refractivity contribution in [3.05, 3.63) is 58.6 Å². The summed E-state index contributed by atoms with van der Waals surface area (Å²) in [4.78, 5) is 14.0. The number of carbonyl (C=O) groups is 1. The molecule has 0 atom stereocenters. The Morgan fingerprint density at radius 3 is 2.52 bits per heavy atom. The minimum absolute atomic E-state index is 0.0418. The van der Waals surface area contributed by atoms with Crippen LogP contribution in [0.25, 0.3) is 0 Å². The first-order valence-corrected chi connectivity index (χ1v) is 7.41. The van der Waals surface area contributed by atoms with Crippen molar-refractivity contribution in [2.45, 2.75) is 6.54 Å². The molecule has 4 nitrogen and oxygen atoms in total. The van der Waals surface area contributed by atoms with Gasteiger partial charge in [0.05, 0.1) is 12.2 Å². The summed E-state index contributed by atoms with van der Waals surface area (Å²) in [6.07, 6.45) is 0. The molecule has 21 heavy (non-hydrogen) atoms. The summed E-state index contributed by atoms with van der Waals surface area (Å²) in [6, 6.07) is 15.2. The van der Waals surface area contributed by atoms with Crippen LogP contribution in [0.1, 0.15) is 5.56 Å². The first-order chi connectivity index (χ1) is 10.0. The number of anilines is 2. The van der Waals surface area contributed by atoms with E-state index < -0.39 is 0 Å². The van der Waals surface area contributed by atoms with Gasteiger partial charge in [0, 0.05) is 16.7 Å². The zero-order valence-corrected chi connectivity index (χ0v) is 13.4. The first kappa shape index (κ1) is 15.5. The van der Waals surface area contributed by atoms with Crippen molar-refractivity contribution in [3.8, 4) is 0 Å². The monoisotopic (exact) mass is 347 g/mol. The highest BCUT2D eigenvalue weighted by atomic mass is 79.9. The van der Waals surface area contributed by atoms with Crippen molar-refractivity contribution in [2.24, 2.45) is 0 Å². The summed E-state index contributed by atoms with van der Waals surface area (Å²) in [5.74, 6) is -0.0418. The summed E-state index contributed by atoms with van der Waals surface area (Å²) in [6.45, 7) is 1.02. The Hall–Kier alpha value is -1.85. The maximum absolute atomic E-state index is 12.0. The first-order valence-electron chi connectivity index (χ1n) is 6.62. The molecular weight excluding hydrogens is 330 g/mol. The number of nitrogens with zero attached hydrogens (tertiary/aromatic N) is 1. The van der Waals surface area contributed by atoms with Gasteiger partial charge in [-0.05, 0) is 52.8 Å². The quantitative estimate of drug-likeness (QED) is 0.817.